The van der Waals surface area contributed by atoms with E-state index in [-0.39, 0.29) is 6.04 Å². The number of nitrogens with two attached hydrogens (primary N) is 1. The number of hydrogen-bond acceptors (Lipinski definition) is 4. The molecule has 12 heavy (non-hydrogen) atoms. The van der Waals surface area contributed by atoms with Crippen molar-refractivity contribution in [3.05, 3.63) is 16.6 Å². The highest BCUT2D eigenvalue weighted by atomic mass is 32.2. The highest BCUT2D eigenvalue weighted by Gasteiger charge is 2.04. The van der Waals surface area contributed by atoms with Gasteiger partial charge in [0.25, 0.3) is 0 Å². The van der Waals surface area contributed by atoms with E-state index < -0.39 is 0 Å². The molecule has 1 unspecified atom stereocenters. The lowest BCUT2D eigenvalue weighted by Crippen LogP contribution is -2.25. The van der Waals surface area contributed by atoms with Crippen molar-refractivity contribution in [2.24, 2.45) is 5.73 Å². The van der Waals surface area contributed by atoms with E-state index in [1.807, 2.05) is 23.3 Å². The van der Waals surface area contributed by atoms with E-state index in [0.29, 0.717) is 0 Å². The van der Waals surface area contributed by atoms with Gasteiger partial charge in [0.15, 0.2) is 0 Å². The van der Waals surface area contributed by atoms with Crippen LogP contribution in [-0.2, 0) is 6.42 Å². The van der Waals surface area contributed by atoms with Crippen LogP contribution in [0.25, 0.3) is 0 Å². The maximum Gasteiger partial charge on any atom is 0.0940 e. The number of nitrogens with zero attached hydrogens (tertiary/aromatic N) is 1. The van der Waals surface area contributed by atoms with Crippen LogP contribution < -0.4 is 5.73 Å². The molecule has 2 nitrogen and oxygen atoms in total. The Labute approximate surface area is 81.6 Å². The molecule has 0 aliphatic heterocycles. The van der Waals surface area contributed by atoms with Crippen molar-refractivity contribution in [3.63, 3.8) is 0 Å². The first-order valence-electron chi connectivity index (χ1n) is 4.04. The number of thioether (sulfide) groups is 1. The molecule has 68 valence electrons. The van der Waals surface area contributed by atoms with E-state index in [1.165, 1.54) is 0 Å². The van der Waals surface area contributed by atoms with Crippen LogP contribution in [0.2, 0.25) is 0 Å². The summed E-state index contributed by atoms with van der Waals surface area (Å²) >= 11 is 3.57. The molecule has 0 amide bonds. The highest BCUT2D eigenvalue weighted by molar-refractivity contribution is 7.99. The summed E-state index contributed by atoms with van der Waals surface area (Å²) in [7, 11) is 0. The van der Waals surface area contributed by atoms with Crippen LogP contribution >= 0.6 is 23.1 Å². The Kier molecular flexibility index (Phi) is 4.65. The largest absolute Gasteiger partial charge is 0.327 e. The molecule has 0 saturated heterocycles. The average molecular weight is 202 g/mol. The third kappa shape index (κ3) is 3.56. The molecule has 1 aromatic rings. The third-order valence-corrected chi connectivity index (χ3v) is 3.33. The monoisotopic (exact) mass is 202 g/mol. The summed E-state index contributed by atoms with van der Waals surface area (Å²) in [6.07, 6.45) is 2.75. The van der Waals surface area contributed by atoms with Gasteiger partial charge in [-0.1, -0.05) is 6.92 Å². The smallest absolute Gasteiger partial charge is 0.0940 e. The minimum atomic E-state index is 0.265. The maximum atomic E-state index is 5.90. The molecule has 0 spiro atoms. The van der Waals surface area contributed by atoms with Crippen LogP contribution in [0.5, 0.6) is 0 Å². The second kappa shape index (κ2) is 5.56. The van der Waals surface area contributed by atoms with Crippen LogP contribution in [0, 0.1) is 0 Å². The van der Waals surface area contributed by atoms with E-state index in [1.54, 1.807) is 11.3 Å². The molecule has 4 heteroatoms. The van der Waals surface area contributed by atoms with Gasteiger partial charge >= 0.3 is 0 Å². The van der Waals surface area contributed by atoms with Gasteiger partial charge < -0.3 is 5.73 Å². The summed E-state index contributed by atoms with van der Waals surface area (Å²) < 4.78 is 0. The van der Waals surface area contributed by atoms with Crippen LogP contribution in [0.4, 0.5) is 0 Å². The summed E-state index contributed by atoms with van der Waals surface area (Å²) in [5, 5.41) is 3.15. The first-order chi connectivity index (χ1) is 5.83. The molecule has 2 N–H and O–H groups in total. The molecule has 0 aliphatic rings. The SMILES string of the molecule is CCSCC(N)Cc1nccs1. The Balaban J connectivity index is 2.22. The van der Waals surface area contributed by atoms with E-state index in [0.717, 1.165) is 22.9 Å². The van der Waals surface area contributed by atoms with Crippen molar-refractivity contribution >= 4 is 23.1 Å². The molecule has 1 rings (SSSR count). The molecule has 0 saturated carbocycles. The average Bonchev–Trinajstić information content (AvgIpc) is 2.53. The molecule has 0 radical (unpaired) electrons. The third-order valence-electron chi connectivity index (χ3n) is 1.46. The summed E-state index contributed by atoms with van der Waals surface area (Å²) in [6, 6.07) is 0.265. The predicted molar refractivity (Wildman–Crippen MR) is 56.8 cm³/mol. The van der Waals surface area contributed by atoms with Gasteiger partial charge in [0.1, 0.15) is 0 Å². The standard InChI is InChI=1S/C8H14N2S2/c1-2-11-6-7(9)5-8-10-3-4-12-8/h3-4,7H,2,5-6,9H2,1H3. The van der Waals surface area contributed by atoms with Gasteiger partial charge in [-0.3, -0.25) is 0 Å². The summed E-state index contributed by atoms with van der Waals surface area (Å²) in [4.78, 5) is 4.19. The Morgan fingerprint density at radius 2 is 2.58 bits per heavy atom. The zero-order valence-corrected chi connectivity index (χ0v) is 8.83. The van der Waals surface area contributed by atoms with Crippen LogP contribution in [0.1, 0.15) is 11.9 Å². The van der Waals surface area contributed by atoms with Gasteiger partial charge in [-0.2, -0.15) is 11.8 Å². The molecule has 1 heterocycles. The van der Waals surface area contributed by atoms with E-state index in [2.05, 4.69) is 11.9 Å². The zero-order valence-electron chi connectivity index (χ0n) is 7.19. The topological polar surface area (TPSA) is 38.9 Å². The van der Waals surface area contributed by atoms with Crippen molar-refractivity contribution in [2.45, 2.75) is 19.4 Å². The van der Waals surface area contributed by atoms with Gasteiger partial charge in [0.05, 0.1) is 5.01 Å². The summed E-state index contributed by atoms with van der Waals surface area (Å²) in [5.41, 5.74) is 5.90. The molecular weight excluding hydrogens is 188 g/mol. The predicted octanol–water partition coefficient (Wildman–Crippen LogP) is 1.77. The summed E-state index contributed by atoms with van der Waals surface area (Å²) in [5.74, 6) is 2.18. The normalized spacial score (nSPS) is 13.2. The summed E-state index contributed by atoms with van der Waals surface area (Å²) in [6.45, 7) is 2.15. The fourth-order valence-corrected chi connectivity index (χ4v) is 2.27. The lowest BCUT2D eigenvalue weighted by atomic mass is 10.3. The highest BCUT2D eigenvalue weighted by Crippen LogP contribution is 2.09. The van der Waals surface area contributed by atoms with Crippen molar-refractivity contribution < 1.29 is 0 Å². The van der Waals surface area contributed by atoms with E-state index >= 15 is 0 Å². The first-order valence-corrected chi connectivity index (χ1v) is 6.08. The van der Waals surface area contributed by atoms with E-state index in [9.17, 15) is 0 Å². The molecule has 0 aromatic carbocycles. The van der Waals surface area contributed by atoms with Crippen molar-refractivity contribution in [2.75, 3.05) is 11.5 Å². The van der Waals surface area contributed by atoms with Crippen molar-refractivity contribution in [1.82, 2.24) is 4.98 Å². The number of aromatic nitrogens is 1. The minimum absolute atomic E-state index is 0.265. The van der Waals surface area contributed by atoms with Gasteiger partial charge in [0.2, 0.25) is 0 Å². The van der Waals surface area contributed by atoms with Gasteiger partial charge in [-0.05, 0) is 5.75 Å². The maximum absolute atomic E-state index is 5.90. The first kappa shape index (κ1) is 10.0. The van der Waals surface area contributed by atoms with Gasteiger partial charge in [-0.15, -0.1) is 11.3 Å². The van der Waals surface area contributed by atoms with Gasteiger partial charge in [0, 0.05) is 29.8 Å². The molecule has 1 aromatic heterocycles. The fourth-order valence-electron chi connectivity index (χ4n) is 0.906. The number of hydrogen-bond donors (Lipinski definition) is 1. The van der Waals surface area contributed by atoms with Gasteiger partial charge in [-0.25, -0.2) is 4.98 Å². The Bertz CT molecular complexity index is 199. The Morgan fingerprint density at radius 3 is 3.17 bits per heavy atom. The molecule has 0 aliphatic carbocycles. The quantitative estimate of drug-likeness (QED) is 0.791. The second-order valence-electron chi connectivity index (χ2n) is 2.55. The molecular formula is C8H14N2S2. The van der Waals surface area contributed by atoms with Crippen LogP contribution in [0.15, 0.2) is 11.6 Å². The Hall–Kier alpha value is -0.0600. The fraction of sp³-hybridized carbons (Fsp3) is 0.625. The van der Waals surface area contributed by atoms with Crippen LogP contribution in [0.3, 0.4) is 0 Å². The van der Waals surface area contributed by atoms with Crippen LogP contribution in [-0.4, -0.2) is 22.5 Å². The molecule has 1 atom stereocenters. The Morgan fingerprint density at radius 1 is 1.75 bits per heavy atom. The number of thiazole rings is 1. The zero-order chi connectivity index (χ0) is 8.81. The van der Waals surface area contributed by atoms with Crippen molar-refractivity contribution in [1.29, 1.82) is 0 Å². The van der Waals surface area contributed by atoms with E-state index in [4.69, 9.17) is 5.73 Å². The molecule has 0 bridgehead atoms. The second-order valence-corrected chi connectivity index (χ2v) is 4.85. The lowest BCUT2D eigenvalue weighted by Gasteiger charge is -2.07. The minimum Gasteiger partial charge on any atom is -0.327 e. The van der Waals surface area contributed by atoms with Crippen molar-refractivity contribution in [3.8, 4) is 0 Å². The molecule has 0 fully saturated rings. The number of rotatable bonds is 5. The lowest BCUT2D eigenvalue weighted by molar-refractivity contribution is 0.744.